The molecule has 1 aromatic carbocycles. The Morgan fingerprint density at radius 2 is 1.88 bits per heavy atom. The molecule has 0 radical (unpaired) electrons. The summed E-state index contributed by atoms with van der Waals surface area (Å²) >= 11 is 0. The molecule has 1 rings (SSSR count). The number of nitrogens with two attached hydrogens (primary N) is 3. The maximum absolute atomic E-state index is 12.6. The quantitative estimate of drug-likeness (QED) is 0.156. The molecule has 0 fully saturated rings. The first-order chi connectivity index (χ1) is 12.3. The highest BCUT2D eigenvalue weighted by Crippen LogP contribution is 2.22. The summed E-state index contributed by atoms with van der Waals surface area (Å²) in [5, 5.41) is 10.4. The monoisotopic (exact) mass is 364 g/mol. The zero-order chi connectivity index (χ0) is 19.6. The van der Waals surface area contributed by atoms with E-state index in [1.807, 2.05) is 6.92 Å². The van der Waals surface area contributed by atoms with Crippen LogP contribution in [-0.4, -0.2) is 41.2 Å². The Morgan fingerprint density at radius 1 is 1.23 bits per heavy atom. The lowest BCUT2D eigenvalue weighted by Crippen LogP contribution is -2.58. The third-order valence-corrected chi connectivity index (χ3v) is 4.04. The summed E-state index contributed by atoms with van der Waals surface area (Å²) in [7, 11) is 0. The van der Waals surface area contributed by atoms with Gasteiger partial charge in [-0.3, -0.25) is 4.99 Å². The molecule has 2 unspecified atom stereocenters. The van der Waals surface area contributed by atoms with Gasteiger partial charge in [-0.2, -0.15) is 0 Å². The van der Waals surface area contributed by atoms with Gasteiger partial charge in [0.05, 0.1) is 11.7 Å². The van der Waals surface area contributed by atoms with E-state index in [1.54, 1.807) is 18.2 Å². The highest BCUT2D eigenvalue weighted by atomic mass is 16.6. The lowest BCUT2D eigenvalue weighted by molar-refractivity contribution is -0.149. The van der Waals surface area contributed by atoms with E-state index in [0.29, 0.717) is 19.3 Å². The Hall–Kier alpha value is -2.45. The largest absolute Gasteiger partial charge is 0.391 e. The molecule has 0 bridgehead atoms. The molecule has 8 nitrogen and oxygen atoms in total. The summed E-state index contributed by atoms with van der Waals surface area (Å²) in [6.07, 6.45) is 1.14. The SMILES string of the molecule is CCCCC(O)C(N)(CCCN=C(N)N)C(=O)OC(=O)c1ccccc1. The van der Waals surface area contributed by atoms with Gasteiger partial charge in [-0.1, -0.05) is 38.0 Å². The third kappa shape index (κ3) is 6.45. The number of aliphatic hydroxyl groups is 1. The second-order valence-electron chi connectivity index (χ2n) is 6.15. The summed E-state index contributed by atoms with van der Waals surface area (Å²) in [5.41, 5.74) is 15.2. The molecule has 2 atom stereocenters. The fraction of sp³-hybridized carbons (Fsp3) is 0.500. The second-order valence-corrected chi connectivity index (χ2v) is 6.15. The minimum Gasteiger partial charge on any atom is -0.391 e. The number of nitrogens with zero attached hydrogens (tertiary/aromatic N) is 1. The summed E-state index contributed by atoms with van der Waals surface area (Å²) in [4.78, 5) is 28.5. The van der Waals surface area contributed by atoms with Crippen molar-refractivity contribution in [3.05, 3.63) is 35.9 Å². The van der Waals surface area contributed by atoms with Crippen LogP contribution in [0.15, 0.2) is 35.3 Å². The molecule has 0 amide bonds. The molecule has 0 aliphatic carbocycles. The van der Waals surface area contributed by atoms with E-state index in [0.717, 1.165) is 6.42 Å². The summed E-state index contributed by atoms with van der Waals surface area (Å²) in [6.45, 7) is 2.21. The van der Waals surface area contributed by atoms with Gasteiger partial charge in [0.15, 0.2) is 5.96 Å². The number of unbranched alkanes of at least 4 members (excludes halogenated alkanes) is 1. The van der Waals surface area contributed by atoms with E-state index in [1.165, 1.54) is 12.1 Å². The van der Waals surface area contributed by atoms with E-state index in [-0.39, 0.29) is 24.5 Å². The Morgan fingerprint density at radius 3 is 2.46 bits per heavy atom. The van der Waals surface area contributed by atoms with Crippen LogP contribution in [0.3, 0.4) is 0 Å². The van der Waals surface area contributed by atoms with Gasteiger partial charge >= 0.3 is 11.9 Å². The number of hydrogen-bond donors (Lipinski definition) is 4. The zero-order valence-corrected chi connectivity index (χ0v) is 15.1. The lowest BCUT2D eigenvalue weighted by Gasteiger charge is -2.31. The topological polar surface area (TPSA) is 154 Å². The molecule has 144 valence electrons. The number of carbonyl (C=O) groups is 2. The van der Waals surface area contributed by atoms with Crippen LogP contribution in [0, 0.1) is 0 Å². The predicted molar refractivity (Wildman–Crippen MR) is 99.2 cm³/mol. The van der Waals surface area contributed by atoms with Crippen molar-refractivity contribution in [2.75, 3.05) is 6.54 Å². The van der Waals surface area contributed by atoms with Crippen LogP contribution in [0.25, 0.3) is 0 Å². The van der Waals surface area contributed by atoms with Gasteiger partial charge in [0, 0.05) is 6.54 Å². The van der Waals surface area contributed by atoms with E-state index in [4.69, 9.17) is 21.9 Å². The van der Waals surface area contributed by atoms with Gasteiger partial charge in [-0.05, 0) is 31.4 Å². The van der Waals surface area contributed by atoms with Crippen LogP contribution >= 0.6 is 0 Å². The molecule has 0 saturated heterocycles. The van der Waals surface area contributed by atoms with E-state index in [2.05, 4.69) is 4.99 Å². The number of guanidine groups is 1. The van der Waals surface area contributed by atoms with Crippen molar-refractivity contribution in [1.29, 1.82) is 0 Å². The van der Waals surface area contributed by atoms with Crippen molar-refractivity contribution in [3.8, 4) is 0 Å². The molecule has 0 spiro atoms. The summed E-state index contributed by atoms with van der Waals surface area (Å²) in [6, 6.07) is 8.11. The molecule has 8 heteroatoms. The van der Waals surface area contributed by atoms with E-state index in [9.17, 15) is 14.7 Å². The molecule has 26 heavy (non-hydrogen) atoms. The fourth-order valence-corrected chi connectivity index (χ4v) is 2.45. The molecule has 0 aliphatic rings. The number of benzene rings is 1. The number of aliphatic imine (C=N–C) groups is 1. The lowest BCUT2D eigenvalue weighted by atomic mass is 9.85. The normalized spacial score (nSPS) is 14.1. The zero-order valence-electron chi connectivity index (χ0n) is 15.1. The molecule has 7 N–H and O–H groups in total. The first-order valence-electron chi connectivity index (χ1n) is 8.65. The molecule has 1 aromatic rings. The van der Waals surface area contributed by atoms with Crippen LogP contribution < -0.4 is 17.2 Å². The highest BCUT2D eigenvalue weighted by Gasteiger charge is 2.43. The Bertz CT molecular complexity index is 617. The average molecular weight is 364 g/mol. The van der Waals surface area contributed by atoms with Crippen LogP contribution in [-0.2, 0) is 9.53 Å². The van der Waals surface area contributed by atoms with Crippen molar-refractivity contribution >= 4 is 17.9 Å². The van der Waals surface area contributed by atoms with Crippen LogP contribution in [0.1, 0.15) is 49.4 Å². The smallest absolute Gasteiger partial charge is 0.345 e. The van der Waals surface area contributed by atoms with Crippen LogP contribution in [0.2, 0.25) is 0 Å². The number of carbonyl (C=O) groups excluding carboxylic acids is 2. The minimum absolute atomic E-state index is 0.0685. The number of ether oxygens (including phenoxy) is 1. The highest BCUT2D eigenvalue weighted by molar-refractivity contribution is 5.99. The fourth-order valence-electron chi connectivity index (χ4n) is 2.45. The maximum Gasteiger partial charge on any atom is 0.345 e. The Kier molecular flexibility index (Phi) is 8.74. The van der Waals surface area contributed by atoms with Gasteiger partial charge in [0.1, 0.15) is 5.54 Å². The van der Waals surface area contributed by atoms with Gasteiger partial charge in [-0.25, -0.2) is 9.59 Å². The minimum atomic E-state index is -1.71. The number of esters is 2. The summed E-state index contributed by atoms with van der Waals surface area (Å²) in [5.74, 6) is -1.84. The summed E-state index contributed by atoms with van der Waals surface area (Å²) < 4.78 is 4.93. The molecular formula is C18H28N4O4. The average Bonchev–Trinajstić information content (AvgIpc) is 2.63. The van der Waals surface area contributed by atoms with Crippen molar-refractivity contribution in [3.63, 3.8) is 0 Å². The van der Waals surface area contributed by atoms with E-state index >= 15 is 0 Å². The number of hydrogen-bond acceptors (Lipinski definition) is 6. The van der Waals surface area contributed by atoms with Crippen molar-refractivity contribution in [1.82, 2.24) is 0 Å². The molecule has 0 saturated carbocycles. The first-order valence-corrected chi connectivity index (χ1v) is 8.65. The van der Waals surface area contributed by atoms with Crippen molar-refractivity contribution in [2.45, 2.75) is 50.7 Å². The predicted octanol–water partition coefficient (Wildman–Crippen LogP) is 0.672. The Labute approximate surface area is 153 Å². The number of rotatable bonds is 10. The maximum atomic E-state index is 12.6. The van der Waals surface area contributed by atoms with E-state index < -0.39 is 23.6 Å². The molecule has 0 aromatic heterocycles. The van der Waals surface area contributed by atoms with Gasteiger partial charge in [0.2, 0.25) is 0 Å². The molecular weight excluding hydrogens is 336 g/mol. The standard InChI is InChI=1S/C18H28N4O4/c1-2-3-10-14(23)18(21,11-7-12-22-17(19)20)16(25)26-15(24)13-8-5-4-6-9-13/h4-6,8-9,14,23H,2-3,7,10-12,21H2,1H3,(H4,19,20,22). The second kappa shape index (κ2) is 10.5. The van der Waals surface area contributed by atoms with Crippen LogP contribution in [0.4, 0.5) is 0 Å². The molecule has 0 heterocycles. The van der Waals surface area contributed by atoms with Crippen molar-refractivity contribution < 1.29 is 19.4 Å². The van der Waals surface area contributed by atoms with Crippen molar-refractivity contribution in [2.24, 2.45) is 22.2 Å². The van der Waals surface area contributed by atoms with Gasteiger partial charge in [-0.15, -0.1) is 0 Å². The molecule has 0 aliphatic heterocycles. The van der Waals surface area contributed by atoms with Gasteiger partial charge in [0.25, 0.3) is 0 Å². The first kappa shape index (κ1) is 21.6. The number of aliphatic hydroxyl groups excluding tert-OH is 1. The van der Waals surface area contributed by atoms with Gasteiger partial charge < -0.3 is 27.0 Å². The third-order valence-electron chi connectivity index (χ3n) is 4.04. The Balaban J connectivity index is 2.85. The van der Waals surface area contributed by atoms with Crippen LogP contribution in [0.5, 0.6) is 0 Å².